The summed E-state index contributed by atoms with van der Waals surface area (Å²) in [5, 5.41) is 0. The van der Waals surface area contributed by atoms with E-state index < -0.39 is 15.8 Å². The zero-order chi connectivity index (χ0) is 13.6. The molecule has 1 atom stereocenters. The molecular formula is C12H15FN2O3S. The minimum atomic E-state index is -3.73. The maximum Gasteiger partial charge on any atom is 0.244 e. The van der Waals surface area contributed by atoms with E-state index in [1.807, 2.05) is 0 Å². The number of nitrogens with one attached hydrogen (secondary N) is 1. The topological polar surface area (TPSA) is 81.4 Å². The molecule has 1 heterocycles. The third-order valence-corrected chi connectivity index (χ3v) is 4.81. The Balaban J connectivity index is 2.02. The Morgan fingerprint density at radius 3 is 2.79 bits per heavy atom. The van der Waals surface area contributed by atoms with Gasteiger partial charge in [-0.15, -0.1) is 0 Å². The second-order valence-corrected chi connectivity index (χ2v) is 6.65. The Labute approximate surface area is 111 Å². The molecule has 0 aromatic heterocycles. The normalized spacial score (nSPS) is 22.1. The molecule has 5 nitrogen and oxygen atoms in total. The smallest absolute Gasteiger partial charge is 0.244 e. The lowest BCUT2D eigenvalue weighted by Gasteiger charge is -2.12. The van der Waals surface area contributed by atoms with Gasteiger partial charge in [0.15, 0.2) is 0 Å². The third kappa shape index (κ3) is 2.45. The molecule has 1 aliphatic heterocycles. The number of fused-ring (bicyclic) bond motifs is 1. The molecule has 1 saturated carbocycles. The predicted molar refractivity (Wildman–Crippen MR) is 66.9 cm³/mol. The van der Waals surface area contributed by atoms with Gasteiger partial charge in [-0.1, -0.05) is 0 Å². The maximum absolute atomic E-state index is 13.6. The highest BCUT2D eigenvalue weighted by molar-refractivity contribution is 7.89. The predicted octanol–water partition coefficient (Wildman–Crippen LogP) is 0.529. The number of hydrogen-bond acceptors (Lipinski definition) is 4. The second-order valence-electron chi connectivity index (χ2n) is 4.97. The van der Waals surface area contributed by atoms with Gasteiger partial charge in [-0.2, -0.15) is 0 Å². The lowest BCUT2D eigenvalue weighted by molar-refractivity contribution is 0.236. The molecular weight excluding hydrogens is 271 g/mol. The molecule has 19 heavy (non-hydrogen) atoms. The standard InChI is InChI=1S/C12H15FN2O3S/c13-8-3-7-4-10(6-14)18-12(7)11(5-8)19(16,17)15-9-1-2-9/h3,5,9-10,15H,1-2,4,6,14H2. The fourth-order valence-electron chi connectivity index (χ4n) is 2.18. The number of ether oxygens (including phenoxy) is 1. The highest BCUT2D eigenvalue weighted by Gasteiger charge is 2.34. The quantitative estimate of drug-likeness (QED) is 0.846. The molecule has 1 fully saturated rings. The van der Waals surface area contributed by atoms with E-state index >= 15 is 0 Å². The van der Waals surface area contributed by atoms with Crippen molar-refractivity contribution in [3.8, 4) is 5.75 Å². The maximum atomic E-state index is 13.6. The summed E-state index contributed by atoms with van der Waals surface area (Å²) in [6, 6.07) is 2.28. The van der Waals surface area contributed by atoms with Crippen LogP contribution in [0.1, 0.15) is 18.4 Å². The van der Waals surface area contributed by atoms with Crippen molar-refractivity contribution in [3.63, 3.8) is 0 Å². The van der Waals surface area contributed by atoms with Gasteiger partial charge in [-0.3, -0.25) is 0 Å². The summed E-state index contributed by atoms with van der Waals surface area (Å²) in [5.74, 6) is -0.332. The first-order valence-electron chi connectivity index (χ1n) is 6.21. The number of halogens is 1. The van der Waals surface area contributed by atoms with Gasteiger partial charge in [0.2, 0.25) is 10.0 Å². The Kier molecular flexibility index (Phi) is 2.99. The first kappa shape index (κ1) is 12.8. The van der Waals surface area contributed by atoms with Gasteiger partial charge in [-0.25, -0.2) is 17.5 Å². The monoisotopic (exact) mass is 286 g/mol. The van der Waals surface area contributed by atoms with Crippen LogP contribution in [-0.2, 0) is 16.4 Å². The molecule has 0 saturated heterocycles. The van der Waals surface area contributed by atoms with Crippen LogP contribution >= 0.6 is 0 Å². The molecule has 2 aliphatic rings. The van der Waals surface area contributed by atoms with E-state index in [-0.39, 0.29) is 29.3 Å². The summed E-state index contributed by atoms with van der Waals surface area (Å²) in [5.41, 5.74) is 6.08. The Morgan fingerprint density at radius 1 is 1.42 bits per heavy atom. The zero-order valence-electron chi connectivity index (χ0n) is 10.2. The van der Waals surface area contributed by atoms with Gasteiger partial charge in [0.1, 0.15) is 22.6 Å². The van der Waals surface area contributed by atoms with Gasteiger partial charge >= 0.3 is 0 Å². The number of hydrogen-bond donors (Lipinski definition) is 2. The van der Waals surface area contributed by atoms with Crippen LogP contribution in [0.5, 0.6) is 5.75 Å². The fourth-order valence-corrected chi connectivity index (χ4v) is 3.67. The van der Waals surface area contributed by atoms with Crippen LogP contribution < -0.4 is 15.2 Å². The SMILES string of the molecule is NCC1Cc2cc(F)cc(S(=O)(=O)NC3CC3)c2O1. The molecule has 1 aromatic rings. The van der Waals surface area contributed by atoms with E-state index in [4.69, 9.17) is 10.5 Å². The van der Waals surface area contributed by atoms with Crippen LogP contribution in [0.3, 0.4) is 0 Å². The van der Waals surface area contributed by atoms with E-state index in [2.05, 4.69) is 4.72 Å². The molecule has 104 valence electrons. The number of nitrogens with two attached hydrogens (primary N) is 1. The number of sulfonamides is 1. The Morgan fingerprint density at radius 2 is 2.16 bits per heavy atom. The average molecular weight is 286 g/mol. The van der Waals surface area contributed by atoms with Crippen molar-refractivity contribution in [2.45, 2.75) is 36.3 Å². The molecule has 0 bridgehead atoms. The van der Waals surface area contributed by atoms with E-state index in [0.717, 1.165) is 18.9 Å². The number of benzene rings is 1. The molecule has 0 amide bonds. The van der Waals surface area contributed by atoms with Crippen LogP contribution in [0, 0.1) is 5.82 Å². The van der Waals surface area contributed by atoms with E-state index in [9.17, 15) is 12.8 Å². The first-order chi connectivity index (χ1) is 8.99. The summed E-state index contributed by atoms with van der Waals surface area (Å²) in [7, 11) is -3.73. The van der Waals surface area contributed by atoms with E-state index in [1.165, 1.54) is 6.07 Å². The summed E-state index contributed by atoms with van der Waals surface area (Å²) in [6.45, 7) is 0.270. The van der Waals surface area contributed by atoms with Crippen molar-refractivity contribution >= 4 is 10.0 Å². The van der Waals surface area contributed by atoms with Crippen LogP contribution in [-0.4, -0.2) is 27.1 Å². The molecule has 3 rings (SSSR count). The zero-order valence-corrected chi connectivity index (χ0v) is 11.0. The van der Waals surface area contributed by atoms with Crippen molar-refractivity contribution in [2.75, 3.05) is 6.54 Å². The average Bonchev–Trinajstić information content (AvgIpc) is 3.04. The van der Waals surface area contributed by atoms with Gasteiger partial charge in [0.05, 0.1) is 0 Å². The van der Waals surface area contributed by atoms with Gasteiger partial charge < -0.3 is 10.5 Å². The number of rotatable bonds is 4. The van der Waals surface area contributed by atoms with Crippen molar-refractivity contribution in [1.29, 1.82) is 0 Å². The summed E-state index contributed by atoms with van der Waals surface area (Å²) >= 11 is 0. The molecule has 1 unspecified atom stereocenters. The highest BCUT2D eigenvalue weighted by Crippen LogP contribution is 2.36. The van der Waals surface area contributed by atoms with Crippen LogP contribution in [0.25, 0.3) is 0 Å². The molecule has 0 radical (unpaired) electrons. The van der Waals surface area contributed by atoms with Crippen LogP contribution in [0.15, 0.2) is 17.0 Å². The van der Waals surface area contributed by atoms with Gasteiger partial charge in [0.25, 0.3) is 0 Å². The van der Waals surface area contributed by atoms with Crippen molar-refractivity contribution < 1.29 is 17.5 Å². The van der Waals surface area contributed by atoms with Crippen LogP contribution in [0.2, 0.25) is 0 Å². The molecule has 3 N–H and O–H groups in total. The minimum Gasteiger partial charge on any atom is -0.487 e. The summed E-state index contributed by atoms with van der Waals surface area (Å²) in [6.07, 6.45) is 1.80. The Hall–Kier alpha value is -1.18. The Bertz CT molecular complexity index is 614. The molecule has 0 spiro atoms. The largest absolute Gasteiger partial charge is 0.487 e. The lowest BCUT2D eigenvalue weighted by Crippen LogP contribution is -2.27. The lowest BCUT2D eigenvalue weighted by atomic mass is 10.1. The summed E-state index contributed by atoms with van der Waals surface area (Å²) < 4.78 is 46.0. The molecule has 7 heteroatoms. The second kappa shape index (κ2) is 4.43. The van der Waals surface area contributed by atoms with Crippen molar-refractivity contribution in [3.05, 3.63) is 23.5 Å². The summed E-state index contributed by atoms with van der Waals surface area (Å²) in [4.78, 5) is -0.120. The molecule has 1 aromatic carbocycles. The molecule has 1 aliphatic carbocycles. The van der Waals surface area contributed by atoms with E-state index in [1.54, 1.807) is 0 Å². The first-order valence-corrected chi connectivity index (χ1v) is 7.69. The highest BCUT2D eigenvalue weighted by atomic mass is 32.2. The van der Waals surface area contributed by atoms with Gasteiger partial charge in [0, 0.05) is 24.6 Å². The third-order valence-electron chi connectivity index (χ3n) is 3.28. The van der Waals surface area contributed by atoms with Crippen LogP contribution in [0.4, 0.5) is 4.39 Å². The van der Waals surface area contributed by atoms with E-state index in [0.29, 0.717) is 12.0 Å². The van der Waals surface area contributed by atoms with Crippen molar-refractivity contribution in [2.24, 2.45) is 5.73 Å². The van der Waals surface area contributed by atoms with Crippen molar-refractivity contribution in [1.82, 2.24) is 4.72 Å². The minimum absolute atomic E-state index is 0.0318. The van der Waals surface area contributed by atoms with Gasteiger partial charge in [-0.05, 0) is 25.0 Å². The fraction of sp³-hybridized carbons (Fsp3) is 0.500.